The van der Waals surface area contributed by atoms with E-state index in [2.05, 4.69) is 21.2 Å². The van der Waals surface area contributed by atoms with E-state index >= 15 is 0 Å². The molecule has 1 N–H and O–H groups in total. The molecule has 0 fully saturated rings. The van der Waals surface area contributed by atoms with Crippen LogP contribution in [0.5, 0.6) is 0 Å². The smallest absolute Gasteiger partial charge is 0.228 e. The number of halogens is 5. The first-order valence-electron chi connectivity index (χ1n) is 5.75. The van der Waals surface area contributed by atoms with E-state index < -0.39 is 35.6 Å². The Hall–Kier alpha value is -1.89. The van der Waals surface area contributed by atoms with E-state index in [1.807, 2.05) is 0 Å². The Bertz CT molecular complexity index is 706. The molecule has 110 valence electrons. The number of benzene rings is 2. The summed E-state index contributed by atoms with van der Waals surface area (Å²) >= 11 is 2.80. The van der Waals surface area contributed by atoms with Gasteiger partial charge in [0.05, 0.1) is 16.6 Å². The Morgan fingerprint density at radius 3 is 2.48 bits per heavy atom. The number of amides is 1. The second-order valence-electron chi connectivity index (χ2n) is 4.18. The number of carbonyl (C=O) groups is 1. The van der Waals surface area contributed by atoms with E-state index in [4.69, 9.17) is 0 Å². The zero-order valence-corrected chi connectivity index (χ0v) is 12.0. The van der Waals surface area contributed by atoms with Crippen molar-refractivity contribution in [2.75, 3.05) is 5.32 Å². The predicted octanol–water partition coefficient (Wildman–Crippen LogP) is 4.19. The highest BCUT2D eigenvalue weighted by atomic mass is 79.9. The number of carbonyl (C=O) groups excluding carboxylic acids is 1. The first-order chi connectivity index (χ1) is 9.88. The van der Waals surface area contributed by atoms with Gasteiger partial charge in [0.25, 0.3) is 0 Å². The molecule has 0 saturated carbocycles. The summed E-state index contributed by atoms with van der Waals surface area (Å²) in [7, 11) is 0. The number of hydrogen-bond donors (Lipinski definition) is 1. The molecule has 0 aromatic heterocycles. The lowest BCUT2D eigenvalue weighted by atomic mass is 10.1. The molecular weight excluding hydrogens is 354 g/mol. The van der Waals surface area contributed by atoms with Gasteiger partial charge in [0.2, 0.25) is 5.91 Å². The summed E-state index contributed by atoms with van der Waals surface area (Å²) in [5, 5.41) is 2.11. The molecular formula is C14H8BrF4NO. The van der Waals surface area contributed by atoms with Crippen LogP contribution in [0, 0.1) is 23.3 Å². The molecule has 2 aromatic carbocycles. The Balaban J connectivity index is 2.16. The maximum Gasteiger partial charge on any atom is 0.228 e. The van der Waals surface area contributed by atoms with Crippen LogP contribution in [0.4, 0.5) is 23.2 Å². The minimum absolute atomic E-state index is 0.0887. The van der Waals surface area contributed by atoms with E-state index in [0.717, 1.165) is 18.2 Å². The summed E-state index contributed by atoms with van der Waals surface area (Å²) in [6.45, 7) is 0. The van der Waals surface area contributed by atoms with Gasteiger partial charge in [-0.2, -0.15) is 0 Å². The van der Waals surface area contributed by atoms with Crippen LogP contribution in [0.1, 0.15) is 5.56 Å². The number of anilines is 1. The highest BCUT2D eigenvalue weighted by Crippen LogP contribution is 2.23. The monoisotopic (exact) mass is 361 g/mol. The maximum absolute atomic E-state index is 13.5. The molecule has 0 heterocycles. The number of hydrogen-bond acceptors (Lipinski definition) is 1. The standard InChI is InChI=1S/C14H8BrF4NO/c15-8-5-11(18)12(6-10(8)17)20-13(21)4-7-2-1-3-9(16)14(7)19/h1-3,5-6H,4H2,(H,20,21). The molecule has 0 aliphatic heterocycles. The molecule has 0 atom stereocenters. The van der Waals surface area contributed by atoms with Crippen molar-refractivity contribution in [3.8, 4) is 0 Å². The van der Waals surface area contributed by atoms with Crippen molar-refractivity contribution in [1.82, 2.24) is 0 Å². The van der Waals surface area contributed by atoms with Crippen LogP contribution < -0.4 is 5.32 Å². The predicted molar refractivity (Wildman–Crippen MR) is 72.7 cm³/mol. The Morgan fingerprint density at radius 2 is 1.76 bits per heavy atom. The van der Waals surface area contributed by atoms with Gasteiger partial charge in [-0.3, -0.25) is 4.79 Å². The third kappa shape index (κ3) is 3.60. The molecule has 2 aromatic rings. The molecule has 0 aliphatic rings. The van der Waals surface area contributed by atoms with Gasteiger partial charge in [-0.05, 0) is 28.1 Å². The molecule has 0 unspecified atom stereocenters. The summed E-state index contributed by atoms with van der Waals surface area (Å²) in [4.78, 5) is 11.7. The zero-order chi connectivity index (χ0) is 15.6. The number of rotatable bonds is 3. The van der Waals surface area contributed by atoms with Crippen molar-refractivity contribution in [2.24, 2.45) is 0 Å². The lowest BCUT2D eigenvalue weighted by Crippen LogP contribution is -2.16. The fourth-order valence-electron chi connectivity index (χ4n) is 1.67. The van der Waals surface area contributed by atoms with Crippen LogP contribution >= 0.6 is 15.9 Å². The lowest BCUT2D eigenvalue weighted by molar-refractivity contribution is -0.115. The van der Waals surface area contributed by atoms with E-state index in [-0.39, 0.29) is 15.7 Å². The summed E-state index contributed by atoms with van der Waals surface area (Å²) in [6, 6.07) is 5.05. The van der Waals surface area contributed by atoms with Gasteiger partial charge in [-0.25, -0.2) is 17.6 Å². The molecule has 0 saturated heterocycles. The van der Waals surface area contributed by atoms with Gasteiger partial charge in [0.15, 0.2) is 11.6 Å². The third-order valence-electron chi connectivity index (χ3n) is 2.67. The minimum atomic E-state index is -1.14. The lowest BCUT2D eigenvalue weighted by Gasteiger charge is -2.08. The van der Waals surface area contributed by atoms with Crippen molar-refractivity contribution < 1.29 is 22.4 Å². The molecule has 1 amide bonds. The van der Waals surface area contributed by atoms with E-state index in [1.54, 1.807) is 0 Å². The highest BCUT2D eigenvalue weighted by molar-refractivity contribution is 9.10. The van der Waals surface area contributed by atoms with Crippen molar-refractivity contribution in [1.29, 1.82) is 0 Å². The molecule has 0 aliphatic carbocycles. The first-order valence-corrected chi connectivity index (χ1v) is 6.55. The van der Waals surface area contributed by atoms with E-state index in [9.17, 15) is 22.4 Å². The summed E-state index contributed by atoms with van der Waals surface area (Å²) in [6.07, 6.45) is -0.499. The quantitative estimate of drug-likeness (QED) is 0.644. The van der Waals surface area contributed by atoms with Gasteiger partial charge in [0, 0.05) is 11.6 Å². The van der Waals surface area contributed by atoms with Gasteiger partial charge in [-0.15, -0.1) is 0 Å². The van der Waals surface area contributed by atoms with E-state index in [1.165, 1.54) is 12.1 Å². The molecule has 0 spiro atoms. The van der Waals surface area contributed by atoms with Gasteiger partial charge in [-0.1, -0.05) is 12.1 Å². The average Bonchev–Trinajstić information content (AvgIpc) is 2.41. The first kappa shape index (κ1) is 15.5. The average molecular weight is 362 g/mol. The van der Waals surface area contributed by atoms with Crippen LogP contribution in [-0.4, -0.2) is 5.91 Å². The summed E-state index contributed by atoms with van der Waals surface area (Å²) in [5.74, 6) is -4.63. The second-order valence-corrected chi connectivity index (χ2v) is 5.04. The van der Waals surface area contributed by atoms with Crippen LogP contribution in [0.15, 0.2) is 34.8 Å². The summed E-state index contributed by atoms with van der Waals surface area (Å²) in [5.41, 5.74) is -0.553. The molecule has 7 heteroatoms. The van der Waals surface area contributed by atoms with Gasteiger partial charge < -0.3 is 5.32 Å². The van der Waals surface area contributed by atoms with E-state index in [0.29, 0.717) is 0 Å². The molecule has 2 rings (SSSR count). The topological polar surface area (TPSA) is 29.1 Å². The molecule has 21 heavy (non-hydrogen) atoms. The third-order valence-corrected chi connectivity index (χ3v) is 3.27. The van der Waals surface area contributed by atoms with Gasteiger partial charge >= 0.3 is 0 Å². The summed E-state index contributed by atoms with van der Waals surface area (Å²) < 4.78 is 53.1. The van der Waals surface area contributed by atoms with Crippen molar-refractivity contribution >= 4 is 27.5 Å². The maximum atomic E-state index is 13.5. The van der Waals surface area contributed by atoms with Crippen LogP contribution in [-0.2, 0) is 11.2 Å². The van der Waals surface area contributed by atoms with Crippen LogP contribution in [0.3, 0.4) is 0 Å². The SMILES string of the molecule is O=C(Cc1cccc(F)c1F)Nc1cc(F)c(Br)cc1F. The van der Waals surface area contributed by atoms with Crippen molar-refractivity contribution in [2.45, 2.75) is 6.42 Å². The minimum Gasteiger partial charge on any atom is -0.323 e. The van der Waals surface area contributed by atoms with Crippen LogP contribution in [0.25, 0.3) is 0 Å². The van der Waals surface area contributed by atoms with Crippen LogP contribution in [0.2, 0.25) is 0 Å². The molecule has 0 bridgehead atoms. The fourth-order valence-corrected chi connectivity index (χ4v) is 1.99. The molecule has 2 nitrogen and oxygen atoms in total. The highest BCUT2D eigenvalue weighted by Gasteiger charge is 2.14. The fraction of sp³-hybridized carbons (Fsp3) is 0.0714. The van der Waals surface area contributed by atoms with Crippen molar-refractivity contribution in [3.63, 3.8) is 0 Å². The normalized spacial score (nSPS) is 10.5. The molecule has 0 radical (unpaired) electrons. The number of nitrogens with one attached hydrogen (secondary N) is 1. The zero-order valence-electron chi connectivity index (χ0n) is 10.4. The Kier molecular flexibility index (Phi) is 4.62. The largest absolute Gasteiger partial charge is 0.323 e. The Morgan fingerprint density at radius 1 is 1.05 bits per heavy atom. The Labute approximate surface area is 125 Å². The van der Waals surface area contributed by atoms with Crippen molar-refractivity contribution in [3.05, 3.63) is 63.6 Å². The second kappa shape index (κ2) is 6.26. The van der Waals surface area contributed by atoms with Gasteiger partial charge in [0.1, 0.15) is 11.6 Å².